The quantitative estimate of drug-likeness (QED) is 0.796. The number of rotatable bonds is 4. The third-order valence-corrected chi connectivity index (χ3v) is 2.39. The van der Waals surface area contributed by atoms with Crippen molar-refractivity contribution in [3.05, 3.63) is 47.0 Å². The summed E-state index contributed by atoms with van der Waals surface area (Å²) in [4.78, 5) is 11.0. The highest BCUT2D eigenvalue weighted by molar-refractivity contribution is 6.30. The van der Waals surface area contributed by atoms with E-state index < -0.39 is 11.9 Å². The van der Waals surface area contributed by atoms with Crippen LogP contribution in [0.1, 0.15) is 24.8 Å². The Morgan fingerprint density at radius 1 is 1.60 bits per heavy atom. The van der Waals surface area contributed by atoms with Gasteiger partial charge in [0, 0.05) is 5.02 Å². The van der Waals surface area contributed by atoms with Gasteiger partial charge in [0.2, 0.25) is 0 Å². The summed E-state index contributed by atoms with van der Waals surface area (Å²) in [5.41, 5.74) is 0.744. The summed E-state index contributed by atoms with van der Waals surface area (Å²) in [6.45, 7) is 1.87. The van der Waals surface area contributed by atoms with Crippen LogP contribution in [0.4, 0.5) is 0 Å². The first kappa shape index (κ1) is 11.8. The van der Waals surface area contributed by atoms with E-state index in [1.807, 2.05) is 19.1 Å². The number of carboxylic acids is 1. The number of carboxylic acid groups (broad SMARTS) is 1. The lowest BCUT2D eigenvalue weighted by Crippen LogP contribution is -2.10. The first-order valence-electron chi connectivity index (χ1n) is 4.74. The lowest BCUT2D eigenvalue weighted by Gasteiger charge is -2.10. The molecule has 80 valence electrons. The van der Waals surface area contributed by atoms with Gasteiger partial charge in [-0.15, -0.1) is 0 Å². The summed E-state index contributed by atoms with van der Waals surface area (Å²) < 4.78 is 0. The molecule has 3 heteroatoms. The van der Waals surface area contributed by atoms with Gasteiger partial charge in [0.15, 0.2) is 0 Å². The highest BCUT2D eigenvalue weighted by atomic mass is 35.5. The molecule has 1 unspecified atom stereocenters. The van der Waals surface area contributed by atoms with Crippen LogP contribution in [-0.2, 0) is 4.79 Å². The van der Waals surface area contributed by atoms with Gasteiger partial charge in [-0.05, 0) is 31.0 Å². The second kappa shape index (κ2) is 5.56. The zero-order valence-corrected chi connectivity index (χ0v) is 9.24. The summed E-state index contributed by atoms with van der Waals surface area (Å²) in [7, 11) is 0. The van der Waals surface area contributed by atoms with Gasteiger partial charge in [-0.25, -0.2) is 0 Å². The minimum absolute atomic E-state index is 0.492. The van der Waals surface area contributed by atoms with Crippen LogP contribution in [0.25, 0.3) is 0 Å². The summed E-state index contributed by atoms with van der Waals surface area (Å²) in [5, 5.41) is 9.64. The molecule has 0 radical (unpaired) electrons. The van der Waals surface area contributed by atoms with Gasteiger partial charge in [0.05, 0.1) is 5.92 Å². The van der Waals surface area contributed by atoms with E-state index in [-0.39, 0.29) is 0 Å². The summed E-state index contributed by atoms with van der Waals surface area (Å²) >= 11 is 5.82. The molecule has 0 spiro atoms. The molecule has 2 nitrogen and oxygen atoms in total. The maximum atomic E-state index is 11.0. The Hall–Kier alpha value is -1.28. The van der Waals surface area contributed by atoms with Crippen molar-refractivity contribution in [3.63, 3.8) is 0 Å². The molecule has 0 aliphatic heterocycles. The molecule has 15 heavy (non-hydrogen) atoms. The van der Waals surface area contributed by atoms with E-state index in [4.69, 9.17) is 16.7 Å². The van der Waals surface area contributed by atoms with E-state index in [1.54, 1.807) is 24.3 Å². The second-order valence-corrected chi connectivity index (χ2v) is 3.69. The Labute approximate surface area is 94.2 Å². The topological polar surface area (TPSA) is 37.3 Å². The van der Waals surface area contributed by atoms with Gasteiger partial charge in [0.1, 0.15) is 0 Å². The van der Waals surface area contributed by atoms with Gasteiger partial charge in [-0.1, -0.05) is 35.9 Å². The normalized spacial score (nSPS) is 12.9. The number of halogens is 1. The summed E-state index contributed by atoms with van der Waals surface area (Å²) in [6, 6.07) is 6.99. The Kier molecular flexibility index (Phi) is 4.37. The molecule has 1 N–H and O–H groups in total. The molecular formula is C12H13ClO2. The highest BCUT2D eigenvalue weighted by Gasteiger charge is 2.18. The molecule has 0 bridgehead atoms. The van der Waals surface area contributed by atoms with E-state index in [0.717, 1.165) is 5.56 Å². The Morgan fingerprint density at radius 3 is 2.87 bits per heavy atom. The maximum absolute atomic E-state index is 11.0. The molecule has 0 aliphatic rings. The van der Waals surface area contributed by atoms with Gasteiger partial charge >= 0.3 is 5.97 Å². The summed E-state index contributed by atoms with van der Waals surface area (Å²) in [5.74, 6) is -1.34. The molecule has 0 amide bonds. The van der Waals surface area contributed by atoms with Crippen molar-refractivity contribution in [2.75, 3.05) is 0 Å². The smallest absolute Gasteiger partial charge is 0.311 e. The Balaban J connectivity index is 2.93. The lowest BCUT2D eigenvalue weighted by atomic mass is 9.96. The van der Waals surface area contributed by atoms with Crippen LogP contribution >= 0.6 is 11.6 Å². The average molecular weight is 225 g/mol. The largest absolute Gasteiger partial charge is 0.481 e. The van der Waals surface area contributed by atoms with Crippen LogP contribution in [0.15, 0.2) is 36.4 Å². The molecule has 0 aromatic heterocycles. The first-order valence-corrected chi connectivity index (χ1v) is 5.12. The van der Waals surface area contributed by atoms with E-state index in [0.29, 0.717) is 11.4 Å². The minimum atomic E-state index is -0.824. The molecule has 1 aromatic rings. The molecule has 1 aromatic carbocycles. The van der Waals surface area contributed by atoms with Crippen LogP contribution in [0.2, 0.25) is 5.02 Å². The average Bonchev–Trinajstić information content (AvgIpc) is 2.18. The standard InChI is InChI=1S/C12H13ClO2/c1-2-3-7-11(12(14)15)9-5-4-6-10(13)8-9/h2-6,8,11H,7H2,1H3,(H,14,15). The number of aliphatic carboxylic acids is 1. The second-order valence-electron chi connectivity index (χ2n) is 3.25. The van der Waals surface area contributed by atoms with Crippen LogP contribution in [0.3, 0.4) is 0 Å². The number of benzene rings is 1. The third-order valence-electron chi connectivity index (χ3n) is 2.16. The Morgan fingerprint density at radius 2 is 2.33 bits per heavy atom. The van der Waals surface area contributed by atoms with Crippen LogP contribution in [0.5, 0.6) is 0 Å². The molecular weight excluding hydrogens is 212 g/mol. The van der Waals surface area contributed by atoms with Crippen molar-refractivity contribution < 1.29 is 9.90 Å². The van der Waals surface area contributed by atoms with Crippen molar-refractivity contribution in [2.45, 2.75) is 19.3 Å². The molecule has 1 atom stereocenters. The fourth-order valence-electron chi connectivity index (χ4n) is 1.37. The lowest BCUT2D eigenvalue weighted by molar-refractivity contribution is -0.138. The van der Waals surface area contributed by atoms with Gasteiger partial charge < -0.3 is 5.11 Å². The highest BCUT2D eigenvalue weighted by Crippen LogP contribution is 2.23. The van der Waals surface area contributed by atoms with Crippen LogP contribution < -0.4 is 0 Å². The van der Waals surface area contributed by atoms with Gasteiger partial charge in [-0.3, -0.25) is 4.79 Å². The molecule has 0 heterocycles. The third kappa shape index (κ3) is 3.40. The molecule has 0 fully saturated rings. The van der Waals surface area contributed by atoms with E-state index in [1.165, 1.54) is 0 Å². The van der Waals surface area contributed by atoms with E-state index in [9.17, 15) is 4.79 Å². The molecule has 0 aliphatic carbocycles. The zero-order valence-electron chi connectivity index (χ0n) is 8.48. The summed E-state index contributed by atoms with van der Waals surface area (Å²) in [6.07, 6.45) is 4.19. The number of hydrogen-bond donors (Lipinski definition) is 1. The fourth-order valence-corrected chi connectivity index (χ4v) is 1.57. The molecule has 0 saturated carbocycles. The number of carbonyl (C=O) groups is 1. The molecule has 0 saturated heterocycles. The van der Waals surface area contributed by atoms with Crippen LogP contribution in [0, 0.1) is 0 Å². The minimum Gasteiger partial charge on any atom is -0.481 e. The monoisotopic (exact) mass is 224 g/mol. The van der Waals surface area contributed by atoms with Crippen molar-refractivity contribution in [1.82, 2.24) is 0 Å². The maximum Gasteiger partial charge on any atom is 0.311 e. The number of hydrogen-bond acceptors (Lipinski definition) is 1. The predicted octanol–water partition coefficient (Wildman–Crippen LogP) is 3.47. The van der Waals surface area contributed by atoms with Crippen LogP contribution in [-0.4, -0.2) is 11.1 Å². The van der Waals surface area contributed by atoms with Crippen molar-refractivity contribution >= 4 is 17.6 Å². The first-order chi connectivity index (χ1) is 7.15. The van der Waals surface area contributed by atoms with Crippen molar-refractivity contribution in [1.29, 1.82) is 0 Å². The van der Waals surface area contributed by atoms with Gasteiger partial charge in [0.25, 0.3) is 0 Å². The number of allylic oxidation sites excluding steroid dienone is 2. The van der Waals surface area contributed by atoms with Crippen molar-refractivity contribution in [2.24, 2.45) is 0 Å². The van der Waals surface area contributed by atoms with Gasteiger partial charge in [-0.2, -0.15) is 0 Å². The Bertz CT molecular complexity index is 372. The van der Waals surface area contributed by atoms with E-state index >= 15 is 0 Å². The SMILES string of the molecule is CC=CCC(C(=O)O)c1cccc(Cl)c1. The molecule has 1 rings (SSSR count). The predicted molar refractivity (Wildman–Crippen MR) is 61.3 cm³/mol. The van der Waals surface area contributed by atoms with E-state index in [2.05, 4.69) is 0 Å². The fraction of sp³-hybridized carbons (Fsp3) is 0.250. The zero-order chi connectivity index (χ0) is 11.3. The van der Waals surface area contributed by atoms with Crippen molar-refractivity contribution in [3.8, 4) is 0 Å².